The van der Waals surface area contributed by atoms with E-state index in [-0.39, 0.29) is 23.6 Å². The Kier molecular flexibility index (Phi) is 11.2. The molecule has 0 aromatic heterocycles. The topological polar surface area (TPSA) is 87.7 Å². The Morgan fingerprint density at radius 3 is 2.42 bits per heavy atom. The Hall–Kier alpha value is -3.35. The zero-order chi connectivity index (χ0) is 27.5. The lowest BCUT2D eigenvalue weighted by Crippen LogP contribution is -2.51. The zero-order valence-electron chi connectivity index (χ0n) is 23.2. The molecule has 7 heteroatoms. The van der Waals surface area contributed by atoms with Crippen LogP contribution in [0.2, 0.25) is 0 Å². The number of ether oxygens (including phenoxy) is 1. The van der Waals surface area contributed by atoms with Crippen molar-refractivity contribution in [2.45, 2.75) is 71.9 Å². The highest BCUT2D eigenvalue weighted by molar-refractivity contribution is 5.91. The number of benzene rings is 2. The smallest absolute Gasteiger partial charge is 0.245 e. The Balaban J connectivity index is 1.72. The van der Waals surface area contributed by atoms with Crippen molar-refractivity contribution < 1.29 is 19.1 Å². The summed E-state index contributed by atoms with van der Waals surface area (Å²) >= 11 is 0. The number of para-hydroxylation sites is 1. The van der Waals surface area contributed by atoms with Crippen LogP contribution in [0.15, 0.2) is 54.6 Å². The SMILES string of the molecule is CCC[C@H](C(=O)NC)[C@@H](CC(C)C)C(=O)N[C@H]1CCCCN(Cc2cccc(Oc3ccccc3)c2)C1=O. The lowest BCUT2D eigenvalue weighted by atomic mass is 9.81. The molecular formula is C31H43N3O4. The normalized spacial score (nSPS) is 17.4. The molecule has 206 valence electrons. The van der Waals surface area contributed by atoms with E-state index in [0.717, 1.165) is 30.6 Å². The van der Waals surface area contributed by atoms with Gasteiger partial charge in [-0.1, -0.05) is 57.5 Å². The first kappa shape index (κ1) is 29.2. The first-order valence-corrected chi connectivity index (χ1v) is 13.9. The summed E-state index contributed by atoms with van der Waals surface area (Å²) in [5, 5.41) is 5.79. The van der Waals surface area contributed by atoms with Crippen molar-refractivity contribution in [2.24, 2.45) is 17.8 Å². The largest absolute Gasteiger partial charge is 0.457 e. The molecule has 1 aliphatic heterocycles. The minimum atomic E-state index is -0.588. The summed E-state index contributed by atoms with van der Waals surface area (Å²) in [5.74, 6) is 0.476. The molecule has 0 spiro atoms. The molecule has 2 N–H and O–H groups in total. The molecule has 2 aromatic carbocycles. The van der Waals surface area contributed by atoms with Gasteiger partial charge in [0.15, 0.2) is 0 Å². The summed E-state index contributed by atoms with van der Waals surface area (Å²) in [5.41, 5.74) is 0.971. The standard InChI is InChI=1S/C31H43N3O4/c1-5-12-26(29(35)32-4)27(19-22(2)3)30(36)33-28-17-9-10-18-34(31(28)37)21-23-13-11-16-25(20-23)38-24-14-7-6-8-15-24/h6-8,11,13-16,20,22,26-28H,5,9-10,12,17-19,21H2,1-4H3,(H,32,35)(H,33,36)/t26-,27+,28-/m0/s1. The maximum Gasteiger partial charge on any atom is 0.245 e. The van der Waals surface area contributed by atoms with E-state index in [4.69, 9.17) is 4.74 Å². The van der Waals surface area contributed by atoms with Crippen molar-refractivity contribution >= 4 is 17.7 Å². The van der Waals surface area contributed by atoms with E-state index >= 15 is 0 Å². The van der Waals surface area contributed by atoms with Crippen molar-refractivity contribution in [3.05, 3.63) is 60.2 Å². The quantitative estimate of drug-likeness (QED) is 0.397. The van der Waals surface area contributed by atoms with Crippen molar-refractivity contribution in [3.63, 3.8) is 0 Å². The van der Waals surface area contributed by atoms with Crippen LogP contribution in [0.5, 0.6) is 11.5 Å². The van der Waals surface area contributed by atoms with E-state index in [1.165, 1.54) is 0 Å². The van der Waals surface area contributed by atoms with Crippen molar-refractivity contribution in [1.29, 1.82) is 0 Å². The van der Waals surface area contributed by atoms with Gasteiger partial charge in [-0.2, -0.15) is 0 Å². The van der Waals surface area contributed by atoms with E-state index in [1.807, 2.05) is 66.4 Å². The molecule has 1 saturated heterocycles. The Morgan fingerprint density at radius 1 is 1.00 bits per heavy atom. The van der Waals surface area contributed by atoms with Gasteiger partial charge in [-0.05, 0) is 67.9 Å². The fraction of sp³-hybridized carbons (Fsp3) is 0.516. The number of likely N-dealkylation sites (tertiary alicyclic amines) is 1. The van der Waals surface area contributed by atoms with Gasteiger partial charge in [-0.25, -0.2) is 0 Å². The van der Waals surface area contributed by atoms with Gasteiger partial charge in [0.2, 0.25) is 17.7 Å². The number of rotatable bonds is 12. The summed E-state index contributed by atoms with van der Waals surface area (Å²) in [6.45, 7) is 7.22. The van der Waals surface area contributed by atoms with Crippen LogP contribution in [-0.2, 0) is 20.9 Å². The monoisotopic (exact) mass is 521 g/mol. The molecule has 3 amide bonds. The second-order valence-corrected chi connectivity index (χ2v) is 10.6. The fourth-order valence-corrected chi connectivity index (χ4v) is 5.20. The lowest BCUT2D eigenvalue weighted by molar-refractivity contribution is -0.140. The van der Waals surface area contributed by atoms with Gasteiger partial charge in [0.1, 0.15) is 17.5 Å². The molecule has 0 aliphatic carbocycles. The van der Waals surface area contributed by atoms with Gasteiger partial charge in [0.25, 0.3) is 0 Å². The number of nitrogens with one attached hydrogen (secondary N) is 2. The molecule has 38 heavy (non-hydrogen) atoms. The highest BCUT2D eigenvalue weighted by Gasteiger charge is 2.36. The molecule has 1 heterocycles. The van der Waals surface area contributed by atoms with Crippen molar-refractivity contribution in [2.75, 3.05) is 13.6 Å². The van der Waals surface area contributed by atoms with Gasteiger partial charge in [-0.15, -0.1) is 0 Å². The average Bonchev–Trinajstić information content (AvgIpc) is 3.07. The van der Waals surface area contributed by atoms with Gasteiger partial charge in [0.05, 0.1) is 0 Å². The highest BCUT2D eigenvalue weighted by atomic mass is 16.5. The van der Waals surface area contributed by atoms with Crippen molar-refractivity contribution in [3.8, 4) is 11.5 Å². The van der Waals surface area contributed by atoms with Crippen LogP contribution in [0.4, 0.5) is 0 Å². The third-order valence-electron chi connectivity index (χ3n) is 7.08. The van der Waals surface area contributed by atoms with Gasteiger partial charge < -0.3 is 20.3 Å². The summed E-state index contributed by atoms with van der Waals surface area (Å²) in [6.07, 6.45) is 4.38. The number of hydrogen-bond acceptors (Lipinski definition) is 4. The molecular weight excluding hydrogens is 478 g/mol. The summed E-state index contributed by atoms with van der Waals surface area (Å²) in [6, 6.07) is 16.8. The van der Waals surface area contributed by atoms with E-state index in [1.54, 1.807) is 7.05 Å². The van der Waals surface area contributed by atoms with Crippen LogP contribution in [0.1, 0.15) is 64.9 Å². The Morgan fingerprint density at radius 2 is 1.74 bits per heavy atom. The Bertz CT molecular complexity index is 1060. The van der Waals surface area contributed by atoms with Crippen LogP contribution in [0.25, 0.3) is 0 Å². The molecule has 0 unspecified atom stereocenters. The first-order valence-electron chi connectivity index (χ1n) is 13.9. The van der Waals surface area contributed by atoms with Crippen LogP contribution < -0.4 is 15.4 Å². The van der Waals surface area contributed by atoms with E-state index in [2.05, 4.69) is 24.5 Å². The molecule has 0 bridgehead atoms. The van der Waals surface area contributed by atoms with E-state index in [9.17, 15) is 14.4 Å². The molecule has 0 saturated carbocycles. The second-order valence-electron chi connectivity index (χ2n) is 10.6. The summed E-state index contributed by atoms with van der Waals surface area (Å²) < 4.78 is 5.97. The van der Waals surface area contributed by atoms with Gasteiger partial charge >= 0.3 is 0 Å². The molecule has 0 radical (unpaired) electrons. The number of carbonyl (C=O) groups is 3. The summed E-state index contributed by atoms with van der Waals surface area (Å²) in [7, 11) is 1.61. The van der Waals surface area contributed by atoms with Crippen LogP contribution in [-0.4, -0.2) is 42.3 Å². The lowest BCUT2D eigenvalue weighted by Gasteiger charge is -2.29. The fourth-order valence-electron chi connectivity index (χ4n) is 5.20. The molecule has 1 aliphatic rings. The van der Waals surface area contributed by atoms with Gasteiger partial charge in [-0.3, -0.25) is 14.4 Å². The molecule has 1 fully saturated rings. The van der Waals surface area contributed by atoms with E-state index in [0.29, 0.717) is 38.1 Å². The number of carbonyl (C=O) groups excluding carboxylic acids is 3. The maximum absolute atomic E-state index is 13.6. The summed E-state index contributed by atoms with van der Waals surface area (Å²) in [4.78, 5) is 41.6. The molecule has 3 rings (SSSR count). The maximum atomic E-state index is 13.6. The third-order valence-corrected chi connectivity index (χ3v) is 7.08. The van der Waals surface area contributed by atoms with Crippen molar-refractivity contribution in [1.82, 2.24) is 15.5 Å². The van der Waals surface area contributed by atoms with Crippen LogP contribution >= 0.6 is 0 Å². The minimum absolute atomic E-state index is 0.0690. The predicted octanol–water partition coefficient (Wildman–Crippen LogP) is 5.30. The third kappa shape index (κ3) is 8.33. The number of amides is 3. The molecule has 2 aromatic rings. The zero-order valence-corrected chi connectivity index (χ0v) is 23.2. The highest BCUT2D eigenvalue weighted by Crippen LogP contribution is 2.27. The molecule has 3 atom stereocenters. The Labute approximate surface area is 227 Å². The molecule has 7 nitrogen and oxygen atoms in total. The van der Waals surface area contributed by atoms with Gasteiger partial charge in [0, 0.05) is 32.0 Å². The van der Waals surface area contributed by atoms with E-state index < -0.39 is 17.9 Å². The first-order chi connectivity index (χ1) is 18.3. The number of hydrogen-bond donors (Lipinski definition) is 2. The average molecular weight is 522 g/mol. The van der Waals surface area contributed by atoms with Crippen LogP contribution in [0.3, 0.4) is 0 Å². The number of nitrogens with zero attached hydrogens (tertiary/aromatic N) is 1. The second kappa shape index (κ2) is 14.6. The minimum Gasteiger partial charge on any atom is -0.457 e. The van der Waals surface area contributed by atoms with Crippen LogP contribution in [0, 0.1) is 17.8 Å². The predicted molar refractivity (Wildman–Crippen MR) is 150 cm³/mol.